The van der Waals surface area contributed by atoms with Crippen molar-refractivity contribution in [2.24, 2.45) is 5.41 Å². The van der Waals surface area contributed by atoms with Crippen LogP contribution in [-0.2, 0) is 14.8 Å². The van der Waals surface area contributed by atoms with Gasteiger partial charge in [0, 0.05) is 5.54 Å². The summed E-state index contributed by atoms with van der Waals surface area (Å²) in [7, 11) is -3.90. The molecule has 5 nitrogen and oxygen atoms in total. The van der Waals surface area contributed by atoms with Crippen molar-refractivity contribution in [3.63, 3.8) is 0 Å². The summed E-state index contributed by atoms with van der Waals surface area (Å²) in [4.78, 5) is 13.1. The minimum atomic E-state index is -3.90. The number of anilines is 1. The molecule has 2 rings (SSSR count). The Hall–Kier alpha value is -2.34. The Morgan fingerprint density at radius 3 is 2.07 bits per heavy atom. The molecule has 0 unspecified atom stereocenters. The molecule has 0 spiro atoms. The highest BCUT2D eigenvalue weighted by atomic mass is 32.2. The molecule has 30 heavy (non-hydrogen) atoms. The average Bonchev–Trinajstić information content (AvgIpc) is 2.57. The van der Waals surface area contributed by atoms with Crippen LogP contribution in [0.25, 0.3) is 0 Å². The van der Waals surface area contributed by atoms with Crippen molar-refractivity contribution in [3.05, 3.63) is 59.7 Å². The Kier molecular flexibility index (Phi) is 7.02. The zero-order valence-electron chi connectivity index (χ0n) is 19.1. The molecule has 0 atom stereocenters. The zero-order valence-corrected chi connectivity index (χ0v) is 19.9. The SMILES string of the molecule is Cc1ccc(S(=O)(=O)N(CC(=O)NC(C)(C)CC(C)(C)C)c2cccc(C)c2)cc1. The summed E-state index contributed by atoms with van der Waals surface area (Å²) in [6.07, 6.45) is 0.765. The maximum absolute atomic E-state index is 13.4. The minimum Gasteiger partial charge on any atom is -0.350 e. The third-order valence-electron chi connectivity index (χ3n) is 4.64. The lowest BCUT2D eigenvalue weighted by atomic mass is 9.82. The number of carbonyl (C=O) groups excluding carboxylic acids is 1. The van der Waals surface area contributed by atoms with Crippen LogP contribution in [0.5, 0.6) is 0 Å². The van der Waals surface area contributed by atoms with Crippen LogP contribution < -0.4 is 9.62 Å². The smallest absolute Gasteiger partial charge is 0.264 e. The fourth-order valence-electron chi connectivity index (χ4n) is 3.85. The van der Waals surface area contributed by atoms with Crippen LogP contribution >= 0.6 is 0 Å². The van der Waals surface area contributed by atoms with E-state index < -0.39 is 15.6 Å². The van der Waals surface area contributed by atoms with Gasteiger partial charge in [-0.2, -0.15) is 0 Å². The fourth-order valence-corrected chi connectivity index (χ4v) is 5.27. The average molecular weight is 431 g/mol. The minimum absolute atomic E-state index is 0.0288. The highest BCUT2D eigenvalue weighted by molar-refractivity contribution is 7.92. The maximum Gasteiger partial charge on any atom is 0.264 e. The summed E-state index contributed by atoms with van der Waals surface area (Å²) in [5, 5.41) is 3.02. The predicted molar refractivity (Wildman–Crippen MR) is 123 cm³/mol. The number of hydrogen-bond donors (Lipinski definition) is 1. The molecule has 0 aliphatic rings. The third-order valence-corrected chi connectivity index (χ3v) is 6.42. The molecule has 1 N–H and O–H groups in total. The summed E-state index contributed by atoms with van der Waals surface area (Å²) in [6, 6.07) is 13.9. The van der Waals surface area contributed by atoms with E-state index in [0.717, 1.165) is 17.5 Å². The Morgan fingerprint density at radius 1 is 0.933 bits per heavy atom. The number of rotatable bonds is 7. The van der Waals surface area contributed by atoms with Crippen molar-refractivity contribution < 1.29 is 13.2 Å². The lowest BCUT2D eigenvalue weighted by Crippen LogP contribution is -2.50. The van der Waals surface area contributed by atoms with Gasteiger partial charge in [-0.15, -0.1) is 0 Å². The Bertz CT molecular complexity index is 988. The molecular formula is C24H34N2O3S. The number of nitrogens with one attached hydrogen (secondary N) is 1. The van der Waals surface area contributed by atoms with Crippen molar-refractivity contribution in [1.29, 1.82) is 0 Å². The highest BCUT2D eigenvalue weighted by Crippen LogP contribution is 2.28. The van der Waals surface area contributed by atoms with Crippen LogP contribution in [0, 0.1) is 19.3 Å². The molecule has 6 heteroatoms. The molecule has 0 fully saturated rings. The summed E-state index contributed by atoms with van der Waals surface area (Å²) in [5.74, 6) is -0.332. The summed E-state index contributed by atoms with van der Waals surface area (Å²) in [5.41, 5.74) is 1.93. The second kappa shape index (κ2) is 8.80. The normalized spacial score (nSPS) is 12.5. The van der Waals surface area contributed by atoms with E-state index in [9.17, 15) is 13.2 Å². The van der Waals surface area contributed by atoms with E-state index in [1.54, 1.807) is 42.5 Å². The Morgan fingerprint density at radius 2 is 1.53 bits per heavy atom. The van der Waals surface area contributed by atoms with E-state index in [4.69, 9.17) is 0 Å². The number of aryl methyl sites for hydroxylation is 2. The second-order valence-corrected chi connectivity index (χ2v) is 11.7. The standard InChI is InChI=1S/C24H34N2O3S/c1-18-11-13-21(14-12-18)30(28,29)26(20-10-8-9-19(2)15-20)16-22(27)25-24(6,7)17-23(3,4)5/h8-15H,16-17H2,1-7H3,(H,25,27). The fraction of sp³-hybridized carbons (Fsp3) is 0.458. The van der Waals surface area contributed by atoms with Crippen LogP contribution in [-0.4, -0.2) is 26.4 Å². The van der Waals surface area contributed by atoms with E-state index in [2.05, 4.69) is 26.1 Å². The van der Waals surface area contributed by atoms with Crippen molar-refractivity contribution in [2.45, 2.75) is 65.3 Å². The first kappa shape index (κ1) is 23.9. The summed E-state index contributed by atoms with van der Waals surface area (Å²) in [6.45, 7) is 13.8. The third kappa shape index (κ3) is 6.59. The van der Waals surface area contributed by atoms with Crippen LogP contribution in [0.1, 0.15) is 52.2 Å². The van der Waals surface area contributed by atoms with Crippen molar-refractivity contribution >= 4 is 21.6 Å². The van der Waals surface area contributed by atoms with Gasteiger partial charge < -0.3 is 5.32 Å². The molecule has 0 aliphatic carbocycles. The van der Waals surface area contributed by atoms with Gasteiger partial charge >= 0.3 is 0 Å². The van der Waals surface area contributed by atoms with Gasteiger partial charge in [-0.3, -0.25) is 9.10 Å². The van der Waals surface area contributed by atoms with Gasteiger partial charge in [-0.05, 0) is 69.4 Å². The van der Waals surface area contributed by atoms with E-state index in [1.165, 1.54) is 4.31 Å². The molecule has 0 heterocycles. The van der Waals surface area contributed by atoms with Gasteiger partial charge in [0.2, 0.25) is 5.91 Å². The van der Waals surface area contributed by atoms with E-state index >= 15 is 0 Å². The molecule has 0 saturated heterocycles. The quantitative estimate of drug-likeness (QED) is 0.684. The van der Waals surface area contributed by atoms with Gasteiger partial charge in [0.25, 0.3) is 10.0 Å². The number of benzene rings is 2. The van der Waals surface area contributed by atoms with E-state index in [1.807, 2.05) is 33.8 Å². The van der Waals surface area contributed by atoms with Gasteiger partial charge in [0.15, 0.2) is 0 Å². The van der Waals surface area contributed by atoms with Crippen LogP contribution in [0.3, 0.4) is 0 Å². The first-order valence-electron chi connectivity index (χ1n) is 10.2. The molecule has 0 aromatic heterocycles. The van der Waals surface area contributed by atoms with Crippen molar-refractivity contribution in [2.75, 3.05) is 10.8 Å². The number of hydrogen-bond acceptors (Lipinski definition) is 3. The van der Waals surface area contributed by atoms with Gasteiger partial charge in [-0.1, -0.05) is 50.6 Å². The molecule has 0 aliphatic heterocycles. The highest BCUT2D eigenvalue weighted by Gasteiger charge is 2.31. The van der Waals surface area contributed by atoms with Crippen LogP contribution in [0.4, 0.5) is 5.69 Å². The van der Waals surface area contributed by atoms with Gasteiger partial charge in [0.1, 0.15) is 6.54 Å². The van der Waals surface area contributed by atoms with Crippen LogP contribution in [0.2, 0.25) is 0 Å². The Labute approximate surface area is 181 Å². The number of amides is 1. The second-order valence-electron chi connectivity index (χ2n) is 9.83. The molecule has 1 amide bonds. The van der Waals surface area contributed by atoms with Crippen LogP contribution in [0.15, 0.2) is 53.4 Å². The number of carbonyl (C=O) groups is 1. The van der Waals surface area contributed by atoms with E-state index in [-0.39, 0.29) is 22.8 Å². The number of sulfonamides is 1. The van der Waals surface area contributed by atoms with Crippen molar-refractivity contribution in [3.8, 4) is 0 Å². The monoisotopic (exact) mass is 430 g/mol. The molecule has 2 aromatic carbocycles. The molecule has 0 saturated carbocycles. The molecule has 164 valence electrons. The molecule has 0 bridgehead atoms. The first-order chi connectivity index (χ1) is 13.7. The maximum atomic E-state index is 13.4. The molecule has 2 aromatic rings. The topological polar surface area (TPSA) is 66.5 Å². The summed E-state index contributed by atoms with van der Waals surface area (Å²) >= 11 is 0. The van der Waals surface area contributed by atoms with Gasteiger partial charge in [-0.25, -0.2) is 8.42 Å². The largest absolute Gasteiger partial charge is 0.350 e. The zero-order chi connectivity index (χ0) is 22.7. The number of nitrogens with zero attached hydrogens (tertiary/aromatic N) is 1. The first-order valence-corrected chi connectivity index (χ1v) is 11.6. The lowest BCUT2D eigenvalue weighted by molar-refractivity contribution is -0.121. The lowest BCUT2D eigenvalue weighted by Gasteiger charge is -2.34. The van der Waals surface area contributed by atoms with Gasteiger partial charge in [0.05, 0.1) is 10.6 Å². The Balaban J connectivity index is 2.38. The molecule has 0 radical (unpaired) electrons. The van der Waals surface area contributed by atoms with E-state index in [0.29, 0.717) is 5.69 Å². The molecular weight excluding hydrogens is 396 g/mol. The summed E-state index contributed by atoms with van der Waals surface area (Å²) < 4.78 is 28.1. The van der Waals surface area contributed by atoms with Crippen molar-refractivity contribution in [1.82, 2.24) is 5.32 Å². The predicted octanol–water partition coefficient (Wildman–Crippen LogP) is 4.83.